The Kier molecular flexibility index (Phi) is 4.01. The van der Waals surface area contributed by atoms with E-state index in [1.165, 1.54) is 0 Å². The molecular weight excluding hydrogens is 266 g/mol. The van der Waals surface area contributed by atoms with E-state index in [0.29, 0.717) is 19.6 Å². The lowest BCUT2D eigenvalue weighted by Gasteiger charge is -2.24. The summed E-state index contributed by atoms with van der Waals surface area (Å²) >= 11 is 0. The van der Waals surface area contributed by atoms with E-state index in [9.17, 15) is 4.79 Å². The van der Waals surface area contributed by atoms with Crippen molar-refractivity contribution >= 4 is 5.91 Å². The maximum atomic E-state index is 11.3. The number of aromatic nitrogens is 2. The summed E-state index contributed by atoms with van der Waals surface area (Å²) in [5.74, 6) is 0.993. The van der Waals surface area contributed by atoms with Gasteiger partial charge in [0.2, 0.25) is 5.91 Å². The van der Waals surface area contributed by atoms with Gasteiger partial charge in [0.1, 0.15) is 12.4 Å². The van der Waals surface area contributed by atoms with Crippen LogP contribution in [0.2, 0.25) is 0 Å². The minimum Gasteiger partial charge on any atom is -0.367 e. The third-order valence-corrected chi connectivity index (χ3v) is 3.63. The number of carbonyl (C=O) groups is 1. The van der Waals surface area contributed by atoms with Crippen molar-refractivity contribution in [2.24, 2.45) is 0 Å². The van der Waals surface area contributed by atoms with Crippen LogP contribution in [0.4, 0.5) is 0 Å². The molecule has 1 amide bonds. The Labute approximate surface area is 124 Å². The predicted molar refractivity (Wildman–Crippen MR) is 79.5 cm³/mol. The average Bonchev–Trinajstić information content (AvgIpc) is 2.96. The molecule has 110 valence electrons. The van der Waals surface area contributed by atoms with Gasteiger partial charge in [-0.15, -0.1) is 0 Å². The van der Waals surface area contributed by atoms with Crippen LogP contribution in [0.15, 0.2) is 36.5 Å². The molecule has 21 heavy (non-hydrogen) atoms. The zero-order valence-corrected chi connectivity index (χ0v) is 12.1. The lowest BCUT2D eigenvalue weighted by molar-refractivity contribution is -0.121. The van der Waals surface area contributed by atoms with Crippen molar-refractivity contribution in [1.29, 1.82) is 0 Å². The van der Waals surface area contributed by atoms with Gasteiger partial charge in [-0.25, -0.2) is 4.98 Å². The Morgan fingerprint density at radius 3 is 3.00 bits per heavy atom. The maximum absolute atomic E-state index is 11.3. The monoisotopic (exact) mass is 285 g/mol. The largest absolute Gasteiger partial charge is 0.367 e. The highest BCUT2D eigenvalue weighted by Gasteiger charge is 2.21. The molecule has 1 atom stereocenters. The smallest absolute Gasteiger partial charge is 0.219 e. The number of amides is 1. The van der Waals surface area contributed by atoms with Gasteiger partial charge >= 0.3 is 0 Å². The van der Waals surface area contributed by atoms with Crippen molar-refractivity contribution in [3.05, 3.63) is 42.4 Å². The number of hydrogen-bond donors (Lipinski definition) is 1. The zero-order chi connectivity index (χ0) is 14.7. The van der Waals surface area contributed by atoms with Crippen molar-refractivity contribution in [1.82, 2.24) is 14.9 Å². The van der Waals surface area contributed by atoms with E-state index >= 15 is 0 Å². The van der Waals surface area contributed by atoms with Crippen LogP contribution in [0.5, 0.6) is 0 Å². The Morgan fingerprint density at radius 2 is 2.24 bits per heavy atom. The van der Waals surface area contributed by atoms with Crippen LogP contribution >= 0.6 is 0 Å². The van der Waals surface area contributed by atoms with Crippen LogP contribution in [0.3, 0.4) is 0 Å². The van der Waals surface area contributed by atoms with E-state index in [2.05, 4.69) is 21.1 Å². The van der Waals surface area contributed by atoms with Crippen molar-refractivity contribution < 1.29 is 9.53 Å². The van der Waals surface area contributed by atoms with Crippen LogP contribution < -0.4 is 5.32 Å². The van der Waals surface area contributed by atoms with Gasteiger partial charge < -0.3 is 14.6 Å². The molecule has 1 aromatic carbocycles. The van der Waals surface area contributed by atoms with Crippen LogP contribution in [0.25, 0.3) is 11.3 Å². The number of rotatable bonds is 4. The van der Waals surface area contributed by atoms with Gasteiger partial charge in [-0.3, -0.25) is 4.79 Å². The number of benzene rings is 1. The molecule has 2 aromatic rings. The summed E-state index contributed by atoms with van der Waals surface area (Å²) < 4.78 is 7.87. The minimum atomic E-state index is 0.00539. The number of carbonyl (C=O) groups excluding carboxylic acids is 1. The molecule has 1 aromatic heterocycles. The number of fused-ring (bicyclic) bond motifs is 1. The normalized spacial score (nSPS) is 17.3. The first-order valence-electron chi connectivity index (χ1n) is 7.26. The summed E-state index contributed by atoms with van der Waals surface area (Å²) in [6.07, 6.45) is 2.56. The number of nitrogens with zero attached hydrogens (tertiary/aromatic N) is 2. The summed E-state index contributed by atoms with van der Waals surface area (Å²) in [7, 11) is 0. The lowest BCUT2D eigenvalue weighted by Crippen LogP contribution is -2.38. The van der Waals surface area contributed by atoms with Crippen molar-refractivity contribution in [2.75, 3.05) is 6.54 Å². The van der Waals surface area contributed by atoms with Gasteiger partial charge in [-0.05, 0) is 0 Å². The standard InChI is InChI=1S/C16H19N3O2/c1-2-16(20)17-8-13-9-19-10-14(18-15(19)11-21-13)12-6-4-3-5-7-12/h3-7,10,13H,2,8-9,11H2,1H3,(H,17,20)/t13-/m0/s1. The third-order valence-electron chi connectivity index (χ3n) is 3.63. The van der Waals surface area contributed by atoms with Gasteiger partial charge in [-0.1, -0.05) is 37.3 Å². The van der Waals surface area contributed by atoms with Crippen LogP contribution in [0.1, 0.15) is 19.2 Å². The van der Waals surface area contributed by atoms with E-state index < -0.39 is 0 Å². The fraction of sp³-hybridized carbons (Fsp3) is 0.375. The Hall–Kier alpha value is -2.14. The minimum absolute atomic E-state index is 0.00539. The van der Waals surface area contributed by atoms with E-state index in [1.807, 2.05) is 37.3 Å². The highest BCUT2D eigenvalue weighted by Crippen LogP contribution is 2.21. The Balaban J connectivity index is 1.69. The summed E-state index contributed by atoms with van der Waals surface area (Å²) in [6, 6.07) is 10.1. The second-order valence-corrected chi connectivity index (χ2v) is 5.15. The van der Waals surface area contributed by atoms with E-state index in [4.69, 9.17) is 4.74 Å². The van der Waals surface area contributed by atoms with E-state index in [1.54, 1.807) is 0 Å². The van der Waals surface area contributed by atoms with Crippen LogP contribution in [0, 0.1) is 0 Å². The maximum Gasteiger partial charge on any atom is 0.219 e. The Morgan fingerprint density at radius 1 is 1.43 bits per heavy atom. The van der Waals surface area contributed by atoms with Crippen LogP contribution in [-0.2, 0) is 22.7 Å². The molecule has 3 rings (SSSR count). The SMILES string of the molecule is CCC(=O)NC[C@H]1Cn2cc(-c3ccccc3)nc2CO1. The molecule has 0 saturated heterocycles. The molecule has 1 N–H and O–H groups in total. The molecular formula is C16H19N3O2. The van der Waals surface area contributed by atoms with Gasteiger partial charge in [0.25, 0.3) is 0 Å². The quantitative estimate of drug-likeness (QED) is 0.934. The van der Waals surface area contributed by atoms with Crippen LogP contribution in [-0.4, -0.2) is 28.1 Å². The molecule has 0 radical (unpaired) electrons. The van der Waals surface area contributed by atoms with Crippen molar-refractivity contribution in [2.45, 2.75) is 32.6 Å². The molecule has 0 unspecified atom stereocenters. The highest BCUT2D eigenvalue weighted by molar-refractivity contribution is 5.75. The molecule has 5 nitrogen and oxygen atoms in total. The molecule has 5 heteroatoms. The molecule has 2 heterocycles. The lowest BCUT2D eigenvalue weighted by atomic mass is 10.2. The summed E-state index contributed by atoms with van der Waals surface area (Å²) in [5, 5.41) is 2.87. The van der Waals surface area contributed by atoms with Gasteiger partial charge in [0.15, 0.2) is 0 Å². The summed E-state index contributed by atoms with van der Waals surface area (Å²) in [4.78, 5) is 15.9. The summed E-state index contributed by atoms with van der Waals surface area (Å²) in [5.41, 5.74) is 2.07. The second kappa shape index (κ2) is 6.10. The van der Waals surface area contributed by atoms with E-state index in [0.717, 1.165) is 23.6 Å². The van der Waals surface area contributed by atoms with Gasteiger partial charge in [0.05, 0.1) is 18.3 Å². The fourth-order valence-electron chi connectivity index (χ4n) is 2.42. The average molecular weight is 285 g/mol. The highest BCUT2D eigenvalue weighted by atomic mass is 16.5. The summed E-state index contributed by atoms with van der Waals surface area (Å²) in [6.45, 7) is 3.60. The first-order chi connectivity index (χ1) is 10.3. The molecule has 0 bridgehead atoms. The van der Waals surface area contributed by atoms with Crippen molar-refractivity contribution in [3.8, 4) is 11.3 Å². The fourth-order valence-corrected chi connectivity index (χ4v) is 2.42. The zero-order valence-electron chi connectivity index (χ0n) is 12.1. The molecule has 1 aliphatic heterocycles. The first-order valence-corrected chi connectivity index (χ1v) is 7.26. The predicted octanol–water partition coefficient (Wildman–Crippen LogP) is 1.98. The Bertz CT molecular complexity index is 622. The second-order valence-electron chi connectivity index (χ2n) is 5.15. The number of imidazole rings is 1. The first kappa shape index (κ1) is 13.8. The number of nitrogens with one attached hydrogen (secondary N) is 1. The number of hydrogen-bond acceptors (Lipinski definition) is 3. The van der Waals surface area contributed by atoms with Gasteiger partial charge in [-0.2, -0.15) is 0 Å². The molecule has 1 aliphatic rings. The van der Waals surface area contributed by atoms with Gasteiger partial charge in [0, 0.05) is 24.7 Å². The van der Waals surface area contributed by atoms with Crippen molar-refractivity contribution in [3.63, 3.8) is 0 Å². The molecule has 0 spiro atoms. The number of ether oxygens (including phenoxy) is 1. The van der Waals surface area contributed by atoms with E-state index in [-0.39, 0.29) is 12.0 Å². The molecule has 0 saturated carbocycles. The topological polar surface area (TPSA) is 56.2 Å². The third kappa shape index (κ3) is 3.13. The molecule has 0 fully saturated rings. The molecule has 0 aliphatic carbocycles.